The van der Waals surface area contributed by atoms with Crippen molar-refractivity contribution in [3.63, 3.8) is 0 Å². The van der Waals surface area contributed by atoms with Crippen LogP contribution in [-0.4, -0.2) is 27.8 Å². The fourth-order valence-electron chi connectivity index (χ4n) is 2.43. The summed E-state index contributed by atoms with van der Waals surface area (Å²) in [6.45, 7) is 2.57. The van der Waals surface area contributed by atoms with Crippen LogP contribution in [0, 0.1) is 0 Å². The predicted octanol–water partition coefficient (Wildman–Crippen LogP) is 2.04. The van der Waals surface area contributed by atoms with Crippen LogP contribution in [0.25, 0.3) is 0 Å². The maximum absolute atomic E-state index is 12.2. The maximum atomic E-state index is 12.2. The Hall–Kier alpha value is -2.01. The van der Waals surface area contributed by atoms with Crippen molar-refractivity contribution in [2.45, 2.75) is 32.0 Å². The normalized spacial score (nSPS) is 17.9. The number of fused-ring (bicyclic) bond motifs is 1. The first-order valence-corrected chi connectivity index (χ1v) is 7.22. The Morgan fingerprint density at radius 1 is 1.62 bits per heavy atom. The second kappa shape index (κ2) is 5.77. The average Bonchev–Trinajstić information content (AvgIpc) is 3.06. The molecular formula is C15H16ClN3O2. The third-order valence-electron chi connectivity index (χ3n) is 3.40. The van der Waals surface area contributed by atoms with E-state index in [1.807, 2.05) is 25.3 Å². The molecule has 0 saturated heterocycles. The first-order valence-electron chi connectivity index (χ1n) is 6.85. The van der Waals surface area contributed by atoms with Gasteiger partial charge in [0.15, 0.2) is 6.10 Å². The van der Waals surface area contributed by atoms with Gasteiger partial charge in [-0.1, -0.05) is 11.6 Å². The minimum absolute atomic E-state index is 0.0201. The van der Waals surface area contributed by atoms with Crippen LogP contribution < -0.4 is 10.1 Å². The number of carbonyl (C=O) groups excluding carboxylic acids is 1. The summed E-state index contributed by atoms with van der Waals surface area (Å²) in [4.78, 5) is 12.2. The molecule has 1 N–H and O–H groups in total. The third-order valence-corrected chi connectivity index (χ3v) is 3.63. The lowest BCUT2D eigenvalue weighted by Gasteiger charge is -2.17. The number of amides is 1. The predicted molar refractivity (Wildman–Crippen MR) is 79.4 cm³/mol. The number of rotatable bonds is 4. The molecule has 1 aliphatic heterocycles. The van der Waals surface area contributed by atoms with E-state index in [9.17, 15) is 4.79 Å². The first-order chi connectivity index (χ1) is 10.1. The van der Waals surface area contributed by atoms with E-state index in [2.05, 4.69) is 10.4 Å². The number of nitrogens with zero attached hydrogens (tertiary/aromatic N) is 2. The molecule has 0 bridgehead atoms. The molecule has 6 heteroatoms. The van der Waals surface area contributed by atoms with Crippen LogP contribution in [0.2, 0.25) is 5.02 Å². The molecule has 0 radical (unpaired) electrons. The summed E-state index contributed by atoms with van der Waals surface area (Å²) in [5.74, 6) is 0.626. The third kappa shape index (κ3) is 3.19. The first kappa shape index (κ1) is 13.9. The minimum Gasteiger partial charge on any atom is -0.480 e. The van der Waals surface area contributed by atoms with E-state index >= 15 is 0 Å². The quantitative estimate of drug-likeness (QED) is 0.940. The van der Waals surface area contributed by atoms with E-state index in [1.54, 1.807) is 23.0 Å². The number of benzene rings is 1. The topological polar surface area (TPSA) is 56.2 Å². The van der Waals surface area contributed by atoms with E-state index in [0.717, 1.165) is 11.3 Å². The molecule has 1 aromatic carbocycles. The van der Waals surface area contributed by atoms with Crippen molar-refractivity contribution in [2.24, 2.45) is 0 Å². The highest BCUT2D eigenvalue weighted by molar-refractivity contribution is 6.30. The lowest BCUT2D eigenvalue weighted by Crippen LogP contribution is -2.43. The molecule has 0 fully saturated rings. The molecule has 1 aliphatic rings. The zero-order valence-corrected chi connectivity index (χ0v) is 12.4. The van der Waals surface area contributed by atoms with Crippen molar-refractivity contribution in [3.8, 4) is 5.75 Å². The highest BCUT2D eigenvalue weighted by Crippen LogP contribution is 2.31. The van der Waals surface area contributed by atoms with E-state index in [0.29, 0.717) is 18.0 Å². The van der Waals surface area contributed by atoms with Crippen LogP contribution in [0.15, 0.2) is 36.7 Å². The van der Waals surface area contributed by atoms with Gasteiger partial charge in [0.1, 0.15) is 5.75 Å². The molecule has 0 unspecified atom stereocenters. The van der Waals surface area contributed by atoms with Crippen LogP contribution >= 0.6 is 11.6 Å². The summed E-state index contributed by atoms with van der Waals surface area (Å²) in [5.41, 5.74) is 0.974. The van der Waals surface area contributed by atoms with E-state index < -0.39 is 6.10 Å². The molecule has 21 heavy (non-hydrogen) atoms. The number of nitrogens with one attached hydrogen (secondary N) is 1. The van der Waals surface area contributed by atoms with Gasteiger partial charge < -0.3 is 10.1 Å². The molecule has 0 spiro atoms. The van der Waals surface area contributed by atoms with Crippen molar-refractivity contribution in [2.75, 3.05) is 0 Å². The lowest BCUT2D eigenvalue weighted by molar-refractivity contribution is -0.127. The summed E-state index contributed by atoms with van der Waals surface area (Å²) in [5, 5.41) is 7.73. The fourth-order valence-corrected chi connectivity index (χ4v) is 2.63. The Morgan fingerprint density at radius 2 is 2.48 bits per heavy atom. The molecule has 2 aromatic rings. The van der Waals surface area contributed by atoms with Crippen LogP contribution in [0.1, 0.15) is 12.5 Å². The standard InChI is InChI=1S/C15H16ClN3O2/c1-10(9-19-6-2-5-17-19)18-15(20)14-8-11-7-12(16)3-4-13(11)21-14/h2-7,10,14H,8-9H2,1H3,(H,18,20)/t10-,14-/m1/s1. The Balaban J connectivity index is 1.57. The summed E-state index contributed by atoms with van der Waals surface area (Å²) < 4.78 is 7.45. The molecule has 0 saturated carbocycles. The smallest absolute Gasteiger partial charge is 0.261 e. The van der Waals surface area contributed by atoms with Gasteiger partial charge in [0.25, 0.3) is 5.91 Å². The van der Waals surface area contributed by atoms with Gasteiger partial charge in [0, 0.05) is 29.9 Å². The van der Waals surface area contributed by atoms with Gasteiger partial charge >= 0.3 is 0 Å². The van der Waals surface area contributed by atoms with Crippen molar-refractivity contribution < 1.29 is 9.53 Å². The van der Waals surface area contributed by atoms with Crippen LogP contribution in [0.5, 0.6) is 5.75 Å². The molecule has 2 heterocycles. The summed E-state index contributed by atoms with van der Waals surface area (Å²) in [6, 6.07) is 7.25. The average molecular weight is 306 g/mol. The zero-order valence-electron chi connectivity index (χ0n) is 11.6. The number of ether oxygens (including phenoxy) is 1. The lowest BCUT2D eigenvalue weighted by atomic mass is 10.1. The number of hydrogen-bond acceptors (Lipinski definition) is 3. The second-order valence-corrected chi connectivity index (χ2v) is 5.64. The molecule has 1 amide bonds. The molecule has 110 valence electrons. The Labute approximate surface area is 127 Å². The number of hydrogen-bond donors (Lipinski definition) is 1. The number of aromatic nitrogens is 2. The molecule has 5 nitrogen and oxygen atoms in total. The van der Waals surface area contributed by atoms with E-state index in [4.69, 9.17) is 16.3 Å². The molecule has 3 rings (SSSR count). The van der Waals surface area contributed by atoms with Crippen LogP contribution in [-0.2, 0) is 17.8 Å². The van der Waals surface area contributed by atoms with Crippen LogP contribution in [0.4, 0.5) is 0 Å². The molecule has 0 aliphatic carbocycles. The zero-order chi connectivity index (χ0) is 14.8. The van der Waals surface area contributed by atoms with Gasteiger partial charge in [0.2, 0.25) is 0 Å². The van der Waals surface area contributed by atoms with Crippen molar-refractivity contribution in [1.29, 1.82) is 0 Å². The van der Waals surface area contributed by atoms with Gasteiger partial charge in [-0.25, -0.2) is 0 Å². The van der Waals surface area contributed by atoms with Crippen molar-refractivity contribution >= 4 is 17.5 Å². The number of carbonyl (C=O) groups is 1. The maximum Gasteiger partial charge on any atom is 0.261 e. The highest BCUT2D eigenvalue weighted by Gasteiger charge is 2.29. The van der Waals surface area contributed by atoms with Gasteiger partial charge in [-0.15, -0.1) is 0 Å². The van der Waals surface area contributed by atoms with E-state index in [-0.39, 0.29) is 11.9 Å². The second-order valence-electron chi connectivity index (χ2n) is 5.20. The van der Waals surface area contributed by atoms with Crippen molar-refractivity contribution in [1.82, 2.24) is 15.1 Å². The minimum atomic E-state index is -0.487. The Bertz CT molecular complexity index is 642. The van der Waals surface area contributed by atoms with Gasteiger partial charge in [-0.2, -0.15) is 5.10 Å². The largest absolute Gasteiger partial charge is 0.480 e. The SMILES string of the molecule is C[C@H](Cn1cccn1)NC(=O)[C@H]1Cc2cc(Cl)ccc2O1. The fraction of sp³-hybridized carbons (Fsp3) is 0.333. The monoisotopic (exact) mass is 305 g/mol. The Kier molecular flexibility index (Phi) is 3.84. The summed E-state index contributed by atoms with van der Waals surface area (Å²) in [7, 11) is 0. The molecule has 1 aromatic heterocycles. The van der Waals surface area contributed by atoms with Gasteiger partial charge in [0.05, 0.1) is 6.54 Å². The van der Waals surface area contributed by atoms with Crippen molar-refractivity contribution in [3.05, 3.63) is 47.2 Å². The number of halogens is 1. The highest BCUT2D eigenvalue weighted by atomic mass is 35.5. The van der Waals surface area contributed by atoms with Gasteiger partial charge in [-0.05, 0) is 36.8 Å². The Morgan fingerprint density at radius 3 is 3.24 bits per heavy atom. The van der Waals surface area contributed by atoms with Gasteiger partial charge in [-0.3, -0.25) is 9.48 Å². The van der Waals surface area contributed by atoms with Crippen LogP contribution in [0.3, 0.4) is 0 Å². The van der Waals surface area contributed by atoms with E-state index in [1.165, 1.54) is 0 Å². The summed E-state index contributed by atoms with van der Waals surface area (Å²) >= 11 is 5.95. The molecular weight excluding hydrogens is 290 g/mol. The summed E-state index contributed by atoms with van der Waals surface area (Å²) in [6.07, 6.45) is 3.65. The molecule has 2 atom stereocenters.